The summed E-state index contributed by atoms with van der Waals surface area (Å²) >= 11 is 5.30. The Morgan fingerprint density at radius 1 is 0.766 bits per heavy atom. The third-order valence-corrected chi connectivity index (χ3v) is 5.93. The van der Waals surface area contributed by atoms with Gasteiger partial charge in [-0.05, 0) is 59.5 Å². The number of urea groups is 2. The molecule has 0 saturated carbocycles. The zero-order valence-electron chi connectivity index (χ0n) is 24.3. The Morgan fingerprint density at radius 2 is 1.17 bits per heavy atom. The Labute approximate surface area is 299 Å². The zero-order valence-corrected chi connectivity index (χ0v) is 30.8. The summed E-state index contributed by atoms with van der Waals surface area (Å²) in [4.78, 5) is 53.8. The summed E-state index contributed by atoms with van der Waals surface area (Å²) in [7, 11) is 0. The van der Waals surface area contributed by atoms with E-state index in [1.54, 1.807) is 48.5 Å². The number of nitrogens with two attached hydrogens (primary N) is 2. The molecule has 0 aromatic heterocycles. The van der Waals surface area contributed by atoms with Crippen LogP contribution >= 0.6 is 37.2 Å². The molecule has 3 aromatic carbocycles. The van der Waals surface area contributed by atoms with E-state index in [1.807, 2.05) is 0 Å². The van der Waals surface area contributed by atoms with E-state index >= 15 is 0 Å². The predicted molar refractivity (Wildman–Crippen MR) is 184 cm³/mol. The van der Waals surface area contributed by atoms with Gasteiger partial charge in [0.1, 0.15) is 35.4 Å². The molecular formula is C29H33I3N5O10-. The number of aromatic hydroxyl groups is 3. The Balaban J connectivity index is 0.000000339. The molecule has 15 nitrogen and oxygen atoms in total. The number of primary amides is 1. The van der Waals surface area contributed by atoms with Crippen LogP contribution in [0.25, 0.3) is 0 Å². The van der Waals surface area contributed by atoms with Gasteiger partial charge in [-0.3, -0.25) is 14.9 Å². The number of aliphatic carboxylic acids is 2. The quantitative estimate of drug-likeness (QED) is 0.0948. The maximum atomic E-state index is 11.2. The molecule has 0 aliphatic carbocycles. The van der Waals surface area contributed by atoms with Crippen molar-refractivity contribution in [2.75, 3.05) is 0 Å². The van der Waals surface area contributed by atoms with Crippen molar-refractivity contribution >= 4 is 67.1 Å². The zero-order chi connectivity index (χ0) is 35.5. The number of hydrogen-bond donors (Lipinski definition) is 10. The van der Waals surface area contributed by atoms with Gasteiger partial charge in [-0.1, -0.05) is 36.4 Å². The van der Waals surface area contributed by atoms with E-state index in [4.69, 9.17) is 37.0 Å². The van der Waals surface area contributed by atoms with Gasteiger partial charge in [0.05, 0.1) is 0 Å². The monoisotopic (exact) mass is 992 g/mol. The third kappa shape index (κ3) is 17.7. The van der Waals surface area contributed by atoms with Gasteiger partial charge in [0.2, 0.25) is 0 Å². The minimum atomic E-state index is -1.16. The summed E-state index contributed by atoms with van der Waals surface area (Å²) in [5, 5.41) is 51.2. The van der Waals surface area contributed by atoms with Gasteiger partial charge in [0.25, 0.3) is 5.91 Å². The van der Waals surface area contributed by atoms with Crippen LogP contribution in [-0.4, -0.2) is 73.6 Å². The molecule has 47 heavy (non-hydrogen) atoms. The van der Waals surface area contributed by atoms with Gasteiger partial charge < -0.3 is 47.6 Å². The topological polar surface area (TPSA) is 275 Å². The number of nitrogens with one attached hydrogen (secondary N) is 3. The van der Waals surface area contributed by atoms with E-state index in [2.05, 4.69) is 53.2 Å². The summed E-state index contributed by atoms with van der Waals surface area (Å²) in [6.45, 7) is 0. The fourth-order valence-corrected chi connectivity index (χ4v) is 3.68. The summed E-state index contributed by atoms with van der Waals surface area (Å²) in [5.74, 6) is -2.06. The van der Waals surface area contributed by atoms with Gasteiger partial charge >= 0.3 is 74.5 Å². The number of benzene rings is 3. The minimum absolute atomic E-state index is 0.0958. The summed E-state index contributed by atoms with van der Waals surface area (Å²) < 4.78 is 0. The molecule has 1 saturated heterocycles. The van der Waals surface area contributed by atoms with Crippen molar-refractivity contribution in [2.24, 2.45) is 11.5 Å². The number of carbonyl (C=O) groups excluding carboxylic acids is 3. The average Bonchev–Trinajstić information content (AvgIpc) is 3.32. The maximum absolute atomic E-state index is 11.2. The molecule has 18 heteroatoms. The van der Waals surface area contributed by atoms with Crippen molar-refractivity contribution in [3.05, 3.63) is 89.5 Å². The van der Waals surface area contributed by atoms with Crippen molar-refractivity contribution in [1.82, 2.24) is 16.0 Å². The maximum Gasteiger partial charge on any atom is 0.326 e. The molecule has 12 N–H and O–H groups in total. The van der Waals surface area contributed by atoms with Crippen LogP contribution in [0.4, 0.5) is 9.59 Å². The van der Waals surface area contributed by atoms with Crippen LogP contribution in [0.15, 0.2) is 72.8 Å². The number of carboxylic acid groups (broad SMARTS) is 2. The smallest absolute Gasteiger partial charge is 0.326 e. The van der Waals surface area contributed by atoms with E-state index in [-0.39, 0.29) is 36.0 Å². The van der Waals surface area contributed by atoms with Gasteiger partial charge in [-0.15, -0.1) is 0 Å². The number of phenolic OH excluding ortho intramolecular Hbond substituents is 3. The Hall–Kier alpha value is -3.64. The molecule has 1 fully saturated rings. The fraction of sp³-hybridized carbons (Fsp3) is 0.207. The van der Waals surface area contributed by atoms with Crippen LogP contribution in [0.1, 0.15) is 16.7 Å². The normalized spacial score (nSPS) is 14.2. The number of carbonyl (C=O) groups is 5. The van der Waals surface area contributed by atoms with Gasteiger partial charge in [-0.25, -0.2) is 14.4 Å². The molecule has 5 amide bonds. The molecule has 1 aliphatic rings. The van der Waals surface area contributed by atoms with Gasteiger partial charge in [-0.2, -0.15) is 0 Å². The second-order valence-electron chi connectivity index (χ2n) is 9.53. The van der Waals surface area contributed by atoms with E-state index in [1.165, 1.54) is 24.3 Å². The van der Waals surface area contributed by atoms with Crippen LogP contribution in [0.3, 0.4) is 0 Å². The predicted octanol–water partition coefficient (Wildman–Crippen LogP) is -0.679. The first-order chi connectivity index (χ1) is 22.1. The second-order valence-corrected chi connectivity index (χ2v) is 25.8. The van der Waals surface area contributed by atoms with Crippen LogP contribution < -0.4 is 40.7 Å². The Kier molecular flexibility index (Phi) is 19.4. The molecule has 0 radical (unpaired) electrons. The van der Waals surface area contributed by atoms with Crippen LogP contribution in [0.2, 0.25) is 0 Å². The van der Waals surface area contributed by atoms with E-state index in [0.717, 1.165) is 11.1 Å². The number of phenols is 3. The van der Waals surface area contributed by atoms with Crippen molar-refractivity contribution < 1.29 is 62.8 Å². The average molecular weight is 992 g/mol. The fourth-order valence-electron chi connectivity index (χ4n) is 3.68. The van der Waals surface area contributed by atoms with E-state index in [9.17, 15) is 24.0 Å². The number of carboxylic acids is 2. The molecule has 256 valence electrons. The van der Waals surface area contributed by atoms with Crippen LogP contribution in [-0.2, 0) is 33.6 Å². The van der Waals surface area contributed by atoms with Crippen LogP contribution in [0, 0.1) is 0 Å². The van der Waals surface area contributed by atoms with Gasteiger partial charge in [0, 0.05) is 12.8 Å². The molecule has 2 unspecified atom stereocenters. The summed E-state index contributed by atoms with van der Waals surface area (Å²) in [6, 6.07) is 15.1. The van der Waals surface area contributed by atoms with Crippen molar-refractivity contribution in [3.63, 3.8) is 0 Å². The van der Waals surface area contributed by atoms with E-state index in [0.29, 0.717) is 25.2 Å². The Morgan fingerprint density at radius 3 is 1.51 bits per heavy atom. The number of hydrogen-bond acceptors (Lipinski definition) is 9. The van der Waals surface area contributed by atoms with Crippen molar-refractivity contribution in [1.29, 1.82) is 0 Å². The van der Waals surface area contributed by atoms with E-state index < -0.39 is 42.1 Å². The Bertz CT molecular complexity index is 1460. The molecule has 3 atom stereocenters. The molecule has 1 heterocycles. The number of amides is 5. The summed E-state index contributed by atoms with van der Waals surface area (Å²) in [5.41, 5.74) is 12.5. The largest absolute Gasteiger partial charge is 0.508 e. The number of halogens is 3. The standard InChI is InChI=1S/C10H12N2O4.C10H10N2O3.C9H11NO3.I3/c11-10(16)12-8(9(14)15)5-6-1-3-7(13)4-2-6;13-7-3-1-6(2-4-7)5-8-9(14)12-10(15)11-8;10-8(9(12)13)5-6-1-3-7(11)4-2-6;1-3-2/h1-4,8,13H,5H2,(H,14,15)(H3,11,12,16);1-4,8,13H,5H2,(H2,11,12,14,15);1-4,8,11H,5,10H2,(H,12,13);/q;;;-1/t;;8-;/m..0./s1. The molecule has 4 rings (SSSR count). The summed E-state index contributed by atoms with van der Waals surface area (Å²) in [6.07, 6.45) is 0.812. The van der Waals surface area contributed by atoms with Crippen LogP contribution in [0.5, 0.6) is 17.2 Å². The molecule has 3 aromatic rings. The third-order valence-electron chi connectivity index (χ3n) is 5.93. The SMILES string of the molecule is I[I-]I.NC(=O)NC(Cc1ccc(O)cc1)C(=O)O.N[C@@H](Cc1ccc(O)cc1)C(=O)O.O=C1NC(=O)C(Cc2ccc(O)cc2)N1. The molecule has 0 spiro atoms. The molecule has 1 aliphatic heterocycles. The molecule has 0 bridgehead atoms. The molecular weight excluding hydrogens is 959 g/mol. The first kappa shape index (κ1) is 41.4. The van der Waals surface area contributed by atoms with Crippen molar-refractivity contribution in [3.8, 4) is 17.2 Å². The number of rotatable bonds is 9. The second kappa shape index (κ2) is 22.0. The minimum Gasteiger partial charge on any atom is -0.508 e. The first-order valence-electron chi connectivity index (χ1n) is 13.2. The first-order valence-corrected chi connectivity index (χ1v) is 25.8. The number of imide groups is 1. The van der Waals surface area contributed by atoms with Crippen molar-refractivity contribution in [2.45, 2.75) is 37.4 Å². The van der Waals surface area contributed by atoms with Gasteiger partial charge in [0.15, 0.2) is 0 Å².